The van der Waals surface area contributed by atoms with Crippen LogP contribution in [0.15, 0.2) is 47.4 Å². The molecular weight excluding hydrogens is 254 g/mol. The van der Waals surface area contributed by atoms with Crippen LogP contribution in [0, 0.1) is 0 Å². The number of nitrogens with zero attached hydrogens (tertiary/aromatic N) is 2. The molecule has 0 atom stereocenters. The van der Waals surface area contributed by atoms with Crippen molar-refractivity contribution in [1.29, 1.82) is 0 Å². The molecule has 5 nitrogen and oxygen atoms in total. The number of benzene rings is 1. The summed E-state index contributed by atoms with van der Waals surface area (Å²) in [5, 5.41) is 2.61. The molecule has 2 aromatic rings. The fourth-order valence-electron chi connectivity index (χ4n) is 1.76. The van der Waals surface area contributed by atoms with Gasteiger partial charge in [-0.3, -0.25) is 9.36 Å². The molecule has 0 saturated carbocycles. The molecule has 1 heterocycles. The third-order valence-corrected chi connectivity index (χ3v) is 2.80. The van der Waals surface area contributed by atoms with Gasteiger partial charge in [-0.2, -0.15) is 4.98 Å². The molecule has 0 aliphatic heterocycles. The summed E-state index contributed by atoms with van der Waals surface area (Å²) in [4.78, 5) is 27.7. The highest BCUT2D eigenvalue weighted by Crippen LogP contribution is 2.11. The van der Waals surface area contributed by atoms with Crippen LogP contribution in [-0.4, -0.2) is 15.5 Å². The molecule has 0 bridgehead atoms. The lowest BCUT2D eigenvalue weighted by atomic mass is 10.1. The maximum Gasteiger partial charge on any atom is 0.349 e. The normalized spacial score (nSPS) is 11.2. The summed E-state index contributed by atoms with van der Waals surface area (Å²) >= 11 is 0. The van der Waals surface area contributed by atoms with E-state index >= 15 is 0 Å². The molecule has 1 amide bonds. The fourth-order valence-corrected chi connectivity index (χ4v) is 1.76. The minimum absolute atomic E-state index is 0.254. The molecule has 0 radical (unpaired) electrons. The van der Waals surface area contributed by atoms with Crippen molar-refractivity contribution >= 4 is 11.7 Å². The lowest BCUT2D eigenvalue weighted by Crippen LogP contribution is -2.35. The minimum Gasteiger partial charge on any atom is -0.306 e. The lowest BCUT2D eigenvalue weighted by molar-refractivity contribution is 0.102. The van der Waals surface area contributed by atoms with Crippen LogP contribution in [0.5, 0.6) is 0 Å². The van der Waals surface area contributed by atoms with E-state index in [1.165, 1.54) is 4.57 Å². The molecule has 0 aliphatic carbocycles. The first-order chi connectivity index (χ1) is 9.38. The van der Waals surface area contributed by atoms with Crippen molar-refractivity contribution in [2.45, 2.75) is 26.3 Å². The van der Waals surface area contributed by atoms with Gasteiger partial charge >= 0.3 is 5.69 Å². The Hall–Kier alpha value is -2.43. The van der Waals surface area contributed by atoms with Crippen molar-refractivity contribution in [3.05, 3.63) is 58.6 Å². The molecule has 0 aliphatic rings. The van der Waals surface area contributed by atoms with Crippen molar-refractivity contribution in [3.63, 3.8) is 0 Å². The first-order valence-corrected chi connectivity index (χ1v) is 6.34. The molecule has 20 heavy (non-hydrogen) atoms. The number of carbonyl (C=O) groups excluding carboxylic acids is 1. The Labute approximate surface area is 117 Å². The topological polar surface area (TPSA) is 64.0 Å². The van der Waals surface area contributed by atoms with Gasteiger partial charge in [-0.1, -0.05) is 18.2 Å². The summed E-state index contributed by atoms with van der Waals surface area (Å²) < 4.78 is 1.52. The molecule has 1 N–H and O–H groups in total. The van der Waals surface area contributed by atoms with Crippen molar-refractivity contribution in [1.82, 2.24) is 9.55 Å². The van der Waals surface area contributed by atoms with E-state index in [1.54, 1.807) is 36.5 Å². The summed E-state index contributed by atoms with van der Waals surface area (Å²) in [5.41, 5.74) is -0.204. The monoisotopic (exact) mass is 271 g/mol. The Morgan fingerprint density at radius 3 is 2.35 bits per heavy atom. The van der Waals surface area contributed by atoms with E-state index in [4.69, 9.17) is 0 Å². The van der Waals surface area contributed by atoms with Gasteiger partial charge in [-0.15, -0.1) is 0 Å². The SMILES string of the molecule is CC(C)(C)n1ccc(NC(=O)c2ccccc2)nc1=O. The minimum atomic E-state index is -0.386. The first-order valence-electron chi connectivity index (χ1n) is 6.34. The molecule has 0 unspecified atom stereocenters. The van der Waals surface area contributed by atoms with Gasteiger partial charge in [0, 0.05) is 17.3 Å². The van der Waals surface area contributed by atoms with E-state index in [2.05, 4.69) is 10.3 Å². The van der Waals surface area contributed by atoms with Crippen LogP contribution in [0.3, 0.4) is 0 Å². The molecule has 2 rings (SSSR count). The Kier molecular flexibility index (Phi) is 3.70. The van der Waals surface area contributed by atoms with Crippen LogP contribution in [0.2, 0.25) is 0 Å². The largest absolute Gasteiger partial charge is 0.349 e. The Morgan fingerprint density at radius 2 is 1.80 bits per heavy atom. The second kappa shape index (κ2) is 5.28. The third-order valence-electron chi connectivity index (χ3n) is 2.80. The summed E-state index contributed by atoms with van der Waals surface area (Å²) in [5.74, 6) is -0.0321. The van der Waals surface area contributed by atoms with Crippen molar-refractivity contribution in [3.8, 4) is 0 Å². The van der Waals surface area contributed by atoms with Crippen molar-refractivity contribution < 1.29 is 4.79 Å². The van der Waals surface area contributed by atoms with Gasteiger partial charge in [0.25, 0.3) is 5.91 Å². The fraction of sp³-hybridized carbons (Fsp3) is 0.267. The van der Waals surface area contributed by atoms with Gasteiger partial charge in [0.1, 0.15) is 5.82 Å². The molecule has 0 saturated heterocycles. The third kappa shape index (κ3) is 3.12. The maximum absolute atomic E-state index is 11.9. The number of rotatable bonds is 2. The average Bonchev–Trinajstić information content (AvgIpc) is 2.38. The average molecular weight is 271 g/mol. The zero-order chi connectivity index (χ0) is 14.8. The number of aromatic nitrogens is 2. The van der Waals surface area contributed by atoms with Gasteiger partial charge in [-0.05, 0) is 39.0 Å². The van der Waals surface area contributed by atoms with E-state index in [-0.39, 0.29) is 23.0 Å². The van der Waals surface area contributed by atoms with E-state index < -0.39 is 0 Å². The smallest absolute Gasteiger partial charge is 0.306 e. The van der Waals surface area contributed by atoms with Crippen LogP contribution in [-0.2, 0) is 5.54 Å². The molecular formula is C15H17N3O2. The predicted octanol–water partition coefficient (Wildman–Crippen LogP) is 2.25. The zero-order valence-corrected chi connectivity index (χ0v) is 11.8. The Morgan fingerprint density at radius 1 is 1.15 bits per heavy atom. The molecule has 0 spiro atoms. The lowest BCUT2D eigenvalue weighted by Gasteiger charge is -2.21. The second-order valence-electron chi connectivity index (χ2n) is 5.46. The Balaban J connectivity index is 2.22. The number of amides is 1. The predicted molar refractivity (Wildman–Crippen MR) is 77.9 cm³/mol. The number of nitrogens with one attached hydrogen (secondary N) is 1. The number of hydrogen-bond acceptors (Lipinski definition) is 3. The van der Waals surface area contributed by atoms with Gasteiger partial charge in [-0.25, -0.2) is 4.79 Å². The summed E-state index contributed by atoms with van der Waals surface area (Å²) in [6.45, 7) is 5.74. The first kappa shape index (κ1) is 14.0. The molecule has 0 fully saturated rings. The van der Waals surface area contributed by atoms with Crippen LogP contribution >= 0.6 is 0 Å². The number of hydrogen-bond donors (Lipinski definition) is 1. The molecule has 5 heteroatoms. The maximum atomic E-state index is 11.9. The van der Waals surface area contributed by atoms with Gasteiger partial charge < -0.3 is 5.32 Å². The highest BCUT2D eigenvalue weighted by molar-refractivity contribution is 6.03. The zero-order valence-electron chi connectivity index (χ0n) is 11.8. The standard InChI is InChI=1S/C15H17N3O2/c1-15(2,3)18-10-9-12(17-14(18)20)16-13(19)11-7-5-4-6-8-11/h4-10H,1-3H3,(H,16,17,19,20). The quantitative estimate of drug-likeness (QED) is 0.911. The second-order valence-corrected chi connectivity index (χ2v) is 5.46. The van der Waals surface area contributed by atoms with Crippen LogP contribution in [0.25, 0.3) is 0 Å². The Bertz CT molecular complexity index is 670. The molecule has 1 aromatic carbocycles. The van der Waals surface area contributed by atoms with Gasteiger partial charge in [0.2, 0.25) is 0 Å². The van der Waals surface area contributed by atoms with Gasteiger partial charge in [0.05, 0.1) is 0 Å². The van der Waals surface area contributed by atoms with Crippen molar-refractivity contribution in [2.75, 3.05) is 5.32 Å². The van der Waals surface area contributed by atoms with E-state index in [0.29, 0.717) is 5.56 Å². The molecule has 104 valence electrons. The highest BCUT2D eigenvalue weighted by atomic mass is 16.2. The van der Waals surface area contributed by atoms with Crippen LogP contribution in [0.4, 0.5) is 5.82 Å². The van der Waals surface area contributed by atoms with Crippen LogP contribution in [0.1, 0.15) is 31.1 Å². The molecule has 1 aromatic heterocycles. The number of carbonyl (C=O) groups is 1. The van der Waals surface area contributed by atoms with Crippen molar-refractivity contribution in [2.24, 2.45) is 0 Å². The highest BCUT2D eigenvalue weighted by Gasteiger charge is 2.15. The number of anilines is 1. The van der Waals surface area contributed by atoms with Crippen LogP contribution < -0.4 is 11.0 Å². The van der Waals surface area contributed by atoms with E-state index in [9.17, 15) is 9.59 Å². The summed E-state index contributed by atoms with van der Waals surface area (Å²) in [6, 6.07) is 10.4. The van der Waals surface area contributed by atoms with E-state index in [0.717, 1.165) is 0 Å². The summed E-state index contributed by atoms with van der Waals surface area (Å²) in [7, 11) is 0. The van der Waals surface area contributed by atoms with E-state index in [1.807, 2.05) is 26.8 Å². The van der Waals surface area contributed by atoms with Gasteiger partial charge in [0.15, 0.2) is 0 Å². The summed E-state index contributed by atoms with van der Waals surface area (Å²) in [6.07, 6.45) is 1.63.